The first kappa shape index (κ1) is 22.6. The summed E-state index contributed by atoms with van der Waals surface area (Å²) in [5, 5.41) is 5.44. The normalized spacial score (nSPS) is 14.2. The molecule has 0 unspecified atom stereocenters. The predicted octanol–water partition coefficient (Wildman–Crippen LogP) is 1.67. The van der Waals surface area contributed by atoms with E-state index in [-0.39, 0.29) is 18.4 Å². The number of nitrogens with zero attached hydrogens (tertiary/aromatic N) is 3. The van der Waals surface area contributed by atoms with E-state index in [0.29, 0.717) is 24.5 Å². The molecule has 1 aliphatic rings. The number of pyridine rings is 1. The van der Waals surface area contributed by atoms with E-state index in [0.717, 1.165) is 44.1 Å². The molecule has 0 bridgehead atoms. The minimum Gasteiger partial charge on any atom is -0.494 e. The van der Waals surface area contributed by atoms with E-state index in [1.807, 2.05) is 19.1 Å². The average molecular weight is 426 g/mol. The Balaban J connectivity index is 1.39. The molecule has 2 aromatic rings. The van der Waals surface area contributed by atoms with Crippen molar-refractivity contribution in [2.75, 3.05) is 50.8 Å². The first-order valence-electron chi connectivity index (χ1n) is 10.8. The number of carbonyl (C=O) groups excluding carboxylic acids is 2. The van der Waals surface area contributed by atoms with Gasteiger partial charge in [-0.25, -0.2) is 4.98 Å². The van der Waals surface area contributed by atoms with Crippen molar-refractivity contribution in [1.29, 1.82) is 0 Å². The van der Waals surface area contributed by atoms with Crippen LogP contribution in [0, 0.1) is 0 Å². The number of likely N-dealkylation sites (N-methyl/N-ethyl adjacent to an activating group) is 1. The Morgan fingerprint density at radius 2 is 1.74 bits per heavy atom. The summed E-state index contributed by atoms with van der Waals surface area (Å²) in [5.41, 5.74) is 1.40. The van der Waals surface area contributed by atoms with E-state index >= 15 is 0 Å². The Morgan fingerprint density at radius 3 is 2.35 bits per heavy atom. The molecule has 1 saturated heterocycles. The number of rotatable bonds is 9. The van der Waals surface area contributed by atoms with Gasteiger partial charge < -0.3 is 25.2 Å². The molecule has 8 nitrogen and oxygen atoms in total. The number of ether oxygens (including phenoxy) is 1. The molecule has 0 atom stereocenters. The standard InChI is InChI=1S/C23H31N5O3/c1-3-27-11-13-28(14-12-27)21-10-5-18(15-24-21)16-25-22(29)17-26-23(30)19-6-8-20(9-7-19)31-4-2/h5-10,15H,3-4,11-14,16-17H2,1-2H3,(H,25,29)(H,26,30). The Bertz CT molecular complexity index is 847. The number of piperazine rings is 1. The second-order valence-corrected chi connectivity index (χ2v) is 7.36. The van der Waals surface area contributed by atoms with Crippen molar-refractivity contribution in [2.45, 2.75) is 20.4 Å². The molecule has 0 radical (unpaired) electrons. The highest BCUT2D eigenvalue weighted by Gasteiger charge is 2.16. The summed E-state index contributed by atoms with van der Waals surface area (Å²) in [7, 11) is 0. The van der Waals surface area contributed by atoms with E-state index in [1.54, 1.807) is 30.5 Å². The fourth-order valence-corrected chi connectivity index (χ4v) is 3.40. The highest BCUT2D eigenvalue weighted by Crippen LogP contribution is 2.14. The van der Waals surface area contributed by atoms with Gasteiger partial charge in [-0.1, -0.05) is 13.0 Å². The lowest BCUT2D eigenvalue weighted by Gasteiger charge is -2.34. The largest absolute Gasteiger partial charge is 0.494 e. The van der Waals surface area contributed by atoms with Crippen LogP contribution in [-0.4, -0.2) is 67.6 Å². The molecule has 3 rings (SSSR count). The fourth-order valence-electron chi connectivity index (χ4n) is 3.40. The molecule has 0 aliphatic carbocycles. The highest BCUT2D eigenvalue weighted by molar-refractivity contribution is 5.96. The summed E-state index contributed by atoms with van der Waals surface area (Å²) in [6.45, 7) is 10.1. The molecule has 1 aromatic heterocycles. The number of aromatic nitrogens is 1. The van der Waals surface area contributed by atoms with Gasteiger partial charge in [0.05, 0.1) is 13.2 Å². The van der Waals surface area contributed by atoms with E-state index < -0.39 is 0 Å². The number of nitrogens with one attached hydrogen (secondary N) is 2. The van der Waals surface area contributed by atoms with Crippen molar-refractivity contribution in [3.05, 3.63) is 53.7 Å². The SMILES string of the molecule is CCOc1ccc(C(=O)NCC(=O)NCc2ccc(N3CCN(CC)CC3)nc2)cc1. The quantitative estimate of drug-likeness (QED) is 0.636. The van der Waals surface area contributed by atoms with Crippen LogP contribution in [0.4, 0.5) is 5.82 Å². The third kappa shape index (κ3) is 6.68. The van der Waals surface area contributed by atoms with Crippen LogP contribution in [0.1, 0.15) is 29.8 Å². The maximum absolute atomic E-state index is 12.2. The Labute approximate surface area is 183 Å². The average Bonchev–Trinajstić information content (AvgIpc) is 2.82. The van der Waals surface area contributed by atoms with Crippen LogP contribution in [0.2, 0.25) is 0 Å². The molecule has 2 heterocycles. The van der Waals surface area contributed by atoms with Crippen LogP contribution in [0.5, 0.6) is 5.75 Å². The van der Waals surface area contributed by atoms with Gasteiger partial charge in [0.1, 0.15) is 11.6 Å². The summed E-state index contributed by atoms with van der Waals surface area (Å²) >= 11 is 0. The summed E-state index contributed by atoms with van der Waals surface area (Å²) in [4.78, 5) is 33.5. The van der Waals surface area contributed by atoms with Crippen molar-refractivity contribution in [3.63, 3.8) is 0 Å². The van der Waals surface area contributed by atoms with Crippen LogP contribution in [0.3, 0.4) is 0 Å². The molecule has 31 heavy (non-hydrogen) atoms. The van der Waals surface area contributed by atoms with Gasteiger partial charge in [0.2, 0.25) is 5.91 Å². The molecule has 0 spiro atoms. The van der Waals surface area contributed by atoms with Crippen LogP contribution in [0.15, 0.2) is 42.6 Å². The number of hydrogen-bond donors (Lipinski definition) is 2. The second kappa shape index (κ2) is 11.3. The van der Waals surface area contributed by atoms with Gasteiger partial charge in [-0.05, 0) is 49.4 Å². The molecule has 2 N–H and O–H groups in total. The van der Waals surface area contributed by atoms with Crippen molar-refractivity contribution < 1.29 is 14.3 Å². The van der Waals surface area contributed by atoms with Crippen LogP contribution < -0.4 is 20.3 Å². The first-order chi connectivity index (χ1) is 15.1. The number of hydrogen-bond acceptors (Lipinski definition) is 6. The third-order valence-corrected chi connectivity index (χ3v) is 5.28. The van der Waals surface area contributed by atoms with Gasteiger partial charge in [-0.3, -0.25) is 9.59 Å². The molecular weight excluding hydrogens is 394 g/mol. The van der Waals surface area contributed by atoms with Gasteiger partial charge in [0.25, 0.3) is 5.91 Å². The molecular formula is C23H31N5O3. The summed E-state index contributed by atoms with van der Waals surface area (Å²) < 4.78 is 5.36. The van der Waals surface area contributed by atoms with Gasteiger partial charge in [0, 0.05) is 44.5 Å². The second-order valence-electron chi connectivity index (χ2n) is 7.36. The minimum atomic E-state index is -0.299. The van der Waals surface area contributed by atoms with Crippen molar-refractivity contribution in [3.8, 4) is 5.75 Å². The molecule has 0 saturated carbocycles. The zero-order valence-corrected chi connectivity index (χ0v) is 18.3. The molecule has 1 aromatic carbocycles. The molecule has 1 aliphatic heterocycles. The Kier molecular flexibility index (Phi) is 8.23. The summed E-state index contributed by atoms with van der Waals surface area (Å²) in [5.74, 6) is 1.12. The maximum Gasteiger partial charge on any atom is 0.251 e. The van der Waals surface area contributed by atoms with E-state index in [1.165, 1.54) is 0 Å². The van der Waals surface area contributed by atoms with Crippen LogP contribution in [0.25, 0.3) is 0 Å². The van der Waals surface area contributed by atoms with E-state index in [9.17, 15) is 9.59 Å². The first-order valence-corrected chi connectivity index (χ1v) is 10.8. The summed E-state index contributed by atoms with van der Waals surface area (Å²) in [6.07, 6.45) is 1.79. The third-order valence-electron chi connectivity index (χ3n) is 5.28. The number of anilines is 1. The van der Waals surface area contributed by atoms with Crippen molar-refractivity contribution in [2.24, 2.45) is 0 Å². The predicted molar refractivity (Wildman–Crippen MR) is 120 cm³/mol. The van der Waals surface area contributed by atoms with E-state index in [4.69, 9.17) is 4.74 Å². The van der Waals surface area contributed by atoms with Gasteiger partial charge >= 0.3 is 0 Å². The smallest absolute Gasteiger partial charge is 0.251 e. The maximum atomic E-state index is 12.2. The topological polar surface area (TPSA) is 86.8 Å². The lowest BCUT2D eigenvalue weighted by atomic mass is 10.2. The molecule has 8 heteroatoms. The minimum absolute atomic E-state index is 0.0841. The number of amides is 2. The lowest BCUT2D eigenvalue weighted by Crippen LogP contribution is -2.46. The Morgan fingerprint density at radius 1 is 1.00 bits per heavy atom. The van der Waals surface area contributed by atoms with Gasteiger partial charge in [-0.2, -0.15) is 0 Å². The van der Waals surface area contributed by atoms with Crippen molar-refractivity contribution in [1.82, 2.24) is 20.5 Å². The monoisotopic (exact) mass is 425 g/mol. The molecule has 166 valence electrons. The zero-order chi connectivity index (χ0) is 22.1. The van der Waals surface area contributed by atoms with Crippen LogP contribution >= 0.6 is 0 Å². The van der Waals surface area contributed by atoms with Gasteiger partial charge in [-0.15, -0.1) is 0 Å². The molecule has 2 amide bonds. The summed E-state index contributed by atoms with van der Waals surface area (Å²) in [6, 6.07) is 10.8. The zero-order valence-electron chi connectivity index (χ0n) is 18.3. The lowest BCUT2D eigenvalue weighted by molar-refractivity contribution is -0.120. The van der Waals surface area contributed by atoms with Crippen molar-refractivity contribution >= 4 is 17.6 Å². The van der Waals surface area contributed by atoms with Gasteiger partial charge in [0.15, 0.2) is 0 Å². The van der Waals surface area contributed by atoms with E-state index in [2.05, 4.69) is 32.3 Å². The Hall–Kier alpha value is -3.13. The van der Waals surface area contributed by atoms with Crippen LogP contribution in [-0.2, 0) is 11.3 Å². The molecule has 1 fully saturated rings. The number of benzene rings is 1. The number of carbonyl (C=O) groups is 2. The highest BCUT2D eigenvalue weighted by atomic mass is 16.5. The fraction of sp³-hybridized carbons (Fsp3) is 0.435.